The van der Waals surface area contributed by atoms with Crippen LogP contribution in [0.2, 0.25) is 6.32 Å². The molecule has 1 rings (SSSR count). The van der Waals surface area contributed by atoms with Crippen molar-refractivity contribution in [3.05, 3.63) is 0 Å². The molecule has 9 heavy (non-hydrogen) atoms. The van der Waals surface area contributed by atoms with Crippen molar-refractivity contribution < 1.29 is 0 Å². The smallest absolute Gasteiger partial charge is 0.0541 e. The van der Waals surface area contributed by atoms with E-state index in [4.69, 9.17) is 7.74 Å². The Hall–Kier alpha value is 0.195. The van der Waals surface area contributed by atoms with Crippen LogP contribution in [0, 0.1) is 0 Å². The van der Waals surface area contributed by atoms with Crippen LogP contribution in [0.25, 0.3) is 0 Å². The molecular weight excluding hydrogens is 105 g/mol. The van der Waals surface area contributed by atoms with Gasteiger partial charge in [-0.25, -0.2) is 0 Å². The maximum absolute atomic E-state index is 4.96. The monoisotopic (exact) mass is 118 g/mol. The van der Waals surface area contributed by atoms with Gasteiger partial charge in [0.2, 0.25) is 0 Å². The SMILES string of the molecule is C1CCC1.[B][B][B]CC. The Bertz CT molecular complexity index is 37.6. The lowest BCUT2D eigenvalue weighted by atomic mass is 9.27. The van der Waals surface area contributed by atoms with E-state index in [1.165, 1.54) is 25.7 Å². The first kappa shape index (κ1) is 9.19. The lowest BCUT2D eigenvalue weighted by Crippen LogP contribution is -1.98. The van der Waals surface area contributed by atoms with E-state index in [2.05, 4.69) is 0 Å². The Morgan fingerprint density at radius 2 is 1.67 bits per heavy atom. The minimum Gasteiger partial charge on any atom is -0.0923 e. The molecule has 0 amide bonds. The van der Waals surface area contributed by atoms with Crippen molar-refractivity contribution in [3.63, 3.8) is 0 Å². The van der Waals surface area contributed by atoms with Crippen molar-refractivity contribution in [1.82, 2.24) is 0 Å². The van der Waals surface area contributed by atoms with Crippen molar-refractivity contribution in [3.8, 4) is 0 Å². The third kappa shape index (κ3) is 8.19. The maximum atomic E-state index is 4.96. The van der Waals surface area contributed by atoms with Crippen molar-refractivity contribution in [2.45, 2.75) is 38.9 Å². The van der Waals surface area contributed by atoms with Gasteiger partial charge in [0.05, 0.1) is 7.17 Å². The van der Waals surface area contributed by atoms with Crippen LogP contribution in [0.5, 0.6) is 0 Å². The van der Waals surface area contributed by atoms with Gasteiger partial charge in [0.1, 0.15) is 0 Å². The Balaban J connectivity index is 0.000000144. The molecule has 0 aromatic heterocycles. The minimum absolute atomic E-state index is 1.04. The highest BCUT2D eigenvalue weighted by Crippen LogP contribution is 2.15. The molecule has 1 saturated carbocycles. The molecule has 0 aliphatic heterocycles. The van der Waals surface area contributed by atoms with Crippen molar-refractivity contribution in [1.29, 1.82) is 0 Å². The van der Waals surface area contributed by atoms with Gasteiger partial charge in [-0.15, -0.1) is 0 Å². The zero-order valence-corrected chi connectivity index (χ0v) is 6.27. The van der Waals surface area contributed by atoms with Gasteiger partial charge in [0, 0.05) is 14.8 Å². The predicted octanol–water partition coefficient (Wildman–Crippen LogP) is 1.39. The van der Waals surface area contributed by atoms with Gasteiger partial charge in [0.15, 0.2) is 0 Å². The van der Waals surface area contributed by atoms with E-state index in [1.807, 2.05) is 14.1 Å². The second-order valence-electron chi connectivity index (χ2n) is 2.25. The summed E-state index contributed by atoms with van der Waals surface area (Å²) in [7, 11) is 8.42. The third-order valence-corrected chi connectivity index (χ3v) is 1.37. The summed E-state index contributed by atoms with van der Waals surface area (Å²) >= 11 is 0. The summed E-state index contributed by atoms with van der Waals surface area (Å²) in [4.78, 5) is 0. The van der Waals surface area contributed by atoms with E-state index in [1.54, 1.807) is 7.06 Å². The molecule has 0 aromatic carbocycles. The molecule has 1 fully saturated rings. The van der Waals surface area contributed by atoms with Crippen LogP contribution in [-0.4, -0.2) is 22.0 Å². The first-order chi connectivity index (χ1) is 4.41. The number of hydrogen-bond donors (Lipinski definition) is 0. The summed E-state index contributed by atoms with van der Waals surface area (Å²) in [6, 6.07) is 0. The average Bonchev–Trinajstić information content (AvgIpc) is 1.63. The highest BCUT2D eigenvalue weighted by atomic mass is 14.0. The third-order valence-electron chi connectivity index (χ3n) is 1.37. The normalized spacial score (nSPS) is 14.3. The molecule has 0 N–H and O–H groups in total. The number of hydrogen-bond acceptors (Lipinski definition) is 0. The molecule has 4 radical (unpaired) electrons. The topological polar surface area (TPSA) is 0 Å². The fourth-order valence-electron chi connectivity index (χ4n) is 0.386. The minimum atomic E-state index is 1.04. The average molecular weight is 118 g/mol. The quantitative estimate of drug-likeness (QED) is 0.480. The second kappa shape index (κ2) is 8.19. The maximum Gasteiger partial charge on any atom is 0.0541 e. The van der Waals surface area contributed by atoms with Crippen LogP contribution in [-0.2, 0) is 0 Å². The van der Waals surface area contributed by atoms with Crippen molar-refractivity contribution in [2.75, 3.05) is 0 Å². The summed E-state index contributed by atoms with van der Waals surface area (Å²) in [5, 5.41) is 0. The van der Waals surface area contributed by atoms with Gasteiger partial charge in [-0.1, -0.05) is 38.9 Å². The highest BCUT2D eigenvalue weighted by Gasteiger charge is 1.95. The summed E-state index contributed by atoms with van der Waals surface area (Å²) in [5.41, 5.74) is 0. The zero-order chi connectivity index (χ0) is 6.95. The van der Waals surface area contributed by atoms with Gasteiger partial charge in [-0.3, -0.25) is 0 Å². The van der Waals surface area contributed by atoms with Crippen molar-refractivity contribution in [2.24, 2.45) is 0 Å². The van der Waals surface area contributed by atoms with Gasteiger partial charge in [-0.05, 0) is 0 Å². The first-order valence-corrected chi connectivity index (χ1v) is 3.78. The van der Waals surface area contributed by atoms with Crippen LogP contribution in [0.4, 0.5) is 0 Å². The Labute approximate surface area is 61.7 Å². The van der Waals surface area contributed by atoms with Gasteiger partial charge in [-0.2, -0.15) is 0 Å². The molecule has 0 atom stereocenters. The molecule has 0 nitrogen and oxygen atoms in total. The Morgan fingerprint density at radius 1 is 1.22 bits per heavy atom. The van der Waals surface area contributed by atoms with Crippen LogP contribution in [0.3, 0.4) is 0 Å². The van der Waals surface area contributed by atoms with E-state index in [0.29, 0.717) is 0 Å². The fourth-order valence-corrected chi connectivity index (χ4v) is 0.386. The molecule has 1 aliphatic carbocycles. The standard InChI is InChI=1S/C4H8.C2H5B3/c1-2-4-3-1;1-2-4-5-3/h1-4H2;2H2,1H3. The molecule has 46 valence electrons. The first-order valence-electron chi connectivity index (χ1n) is 3.78. The van der Waals surface area contributed by atoms with Crippen LogP contribution in [0.15, 0.2) is 0 Å². The van der Waals surface area contributed by atoms with Crippen LogP contribution >= 0.6 is 0 Å². The Morgan fingerprint density at radius 3 is 1.67 bits per heavy atom. The Kier molecular flexibility index (Phi) is 8.37. The van der Waals surface area contributed by atoms with E-state index in [-0.39, 0.29) is 0 Å². The van der Waals surface area contributed by atoms with E-state index < -0.39 is 0 Å². The molecular formula is C6H13B3. The van der Waals surface area contributed by atoms with E-state index in [0.717, 1.165) is 6.32 Å². The molecule has 0 bridgehead atoms. The zero-order valence-electron chi connectivity index (χ0n) is 6.27. The lowest BCUT2D eigenvalue weighted by Gasteiger charge is -2.05. The molecule has 0 heterocycles. The van der Waals surface area contributed by atoms with Crippen LogP contribution in [0.1, 0.15) is 32.6 Å². The molecule has 0 unspecified atom stereocenters. The summed E-state index contributed by atoms with van der Waals surface area (Å²) in [6.45, 7) is 2.04. The summed E-state index contributed by atoms with van der Waals surface area (Å²) in [6.07, 6.45) is 7.04. The second-order valence-corrected chi connectivity index (χ2v) is 2.25. The molecule has 0 saturated heterocycles. The highest BCUT2D eigenvalue weighted by molar-refractivity contribution is 7.23. The van der Waals surface area contributed by atoms with Crippen molar-refractivity contribution >= 4 is 22.0 Å². The molecule has 0 aromatic rings. The summed E-state index contributed by atoms with van der Waals surface area (Å²) < 4.78 is 0. The molecule has 1 aliphatic rings. The number of rotatable bonds is 2. The summed E-state index contributed by atoms with van der Waals surface area (Å²) in [5.74, 6) is 0. The molecule has 3 heteroatoms. The van der Waals surface area contributed by atoms with E-state index in [9.17, 15) is 0 Å². The van der Waals surface area contributed by atoms with E-state index >= 15 is 0 Å². The largest absolute Gasteiger partial charge is 0.0923 e. The fraction of sp³-hybridized carbons (Fsp3) is 1.00. The predicted molar refractivity (Wildman–Crippen MR) is 46.2 cm³/mol. The van der Waals surface area contributed by atoms with Gasteiger partial charge >= 0.3 is 0 Å². The van der Waals surface area contributed by atoms with Crippen LogP contribution < -0.4 is 0 Å². The van der Waals surface area contributed by atoms with Gasteiger partial charge < -0.3 is 0 Å². The lowest BCUT2D eigenvalue weighted by molar-refractivity contribution is 0.504. The molecule has 0 spiro atoms. The van der Waals surface area contributed by atoms with Gasteiger partial charge in [0.25, 0.3) is 0 Å².